The predicted octanol–water partition coefficient (Wildman–Crippen LogP) is 3.25. The number of benzene rings is 1. The number of amides is 1. The van der Waals surface area contributed by atoms with Crippen LogP contribution < -0.4 is 5.32 Å². The summed E-state index contributed by atoms with van der Waals surface area (Å²) in [5.41, 5.74) is 3.50. The van der Waals surface area contributed by atoms with Crippen molar-refractivity contribution in [3.8, 4) is 11.3 Å². The molecule has 0 aliphatic rings. The minimum absolute atomic E-state index is 0.235. The van der Waals surface area contributed by atoms with E-state index < -0.39 is 0 Å². The van der Waals surface area contributed by atoms with Crippen LogP contribution >= 0.6 is 0 Å². The van der Waals surface area contributed by atoms with Crippen molar-refractivity contribution in [1.29, 1.82) is 0 Å². The van der Waals surface area contributed by atoms with Crippen LogP contribution in [-0.2, 0) is 0 Å². The van der Waals surface area contributed by atoms with Gasteiger partial charge in [-0.2, -0.15) is 0 Å². The summed E-state index contributed by atoms with van der Waals surface area (Å²) in [7, 11) is 0. The summed E-state index contributed by atoms with van der Waals surface area (Å²) in [6.45, 7) is 3.46. The molecule has 124 valence electrons. The molecule has 1 N–H and O–H groups in total. The molecular weight excluding hydrogens is 318 g/mol. The summed E-state index contributed by atoms with van der Waals surface area (Å²) >= 11 is 0. The molecule has 0 fully saturated rings. The van der Waals surface area contributed by atoms with Gasteiger partial charge in [-0.15, -0.1) is 0 Å². The lowest BCUT2D eigenvalue weighted by Crippen LogP contribution is -2.13. The van der Waals surface area contributed by atoms with E-state index in [0.29, 0.717) is 28.5 Å². The SMILES string of the molecule is Cc1noc(C)c1C(=O)Nc1ccc(-c2cn3cccnc3n2)cc1. The lowest BCUT2D eigenvalue weighted by Gasteiger charge is -2.05. The fourth-order valence-corrected chi connectivity index (χ4v) is 2.69. The number of rotatable bonds is 3. The van der Waals surface area contributed by atoms with Crippen molar-refractivity contribution in [2.45, 2.75) is 13.8 Å². The highest BCUT2D eigenvalue weighted by Gasteiger charge is 2.17. The number of hydrogen-bond acceptors (Lipinski definition) is 5. The zero-order valence-corrected chi connectivity index (χ0v) is 13.7. The molecule has 0 atom stereocenters. The monoisotopic (exact) mass is 333 g/mol. The van der Waals surface area contributed by atoms with Gasteiger partial charge in [-0.05, 0) is 32.0 Å². The van der Waals surface area contributed by atoms with E-state index in [2.05, 4.69) is 20.4 Å². The molecule has 25 heavy (non-hydrogen) atoms. The first-order chi connectivity index (χ1) is 12.1. The van der Waals surface area contributed by atoms with Gasteiger partial charge in [-0.3, -0.25) is 9.20 Å². The summed E-state index contributed by atoms with van der Waals surface area (Å²) in [4.78, 5) is 21.0. The van der Waals surface area contributed by atoms with Crippen LogP contribution in [0.2, 0.25) is 0 Å². The molecular formula is C18H15N5O2. The molecule has 0 bridgehead atoms. The van der Waals surface area contributed by atoms with E-state index in [0.717, 1.165) is 11.3 Å². The van der Waals surface area contributed by atoms with Crippen LogP contribution in [0.25, 0.3) is 17.0 Å². The van der Waals surface area contributed by atoms with Crippen molar-refractivity contribution in [3.63, 3.8) is 0 Å². The van der Waals surface area contributed by atoms with Crippen molar-refractivity contribution in [1.82, 2.24) is 19.5 Å². The van der Waals surface area contributed by atoms with Crippen molar-refractivity contribution >= 4 is 17.4 Å². The quantitative estimate of drug-likeness (QED) is 0.622. The molecule has 3 heterocycles. The standard InChI is InChI=1S/C18H15N5O2/c1-11-16(12(2)25-22-11)17(24)20-14-6-4-13(5-7-14)15-10-23-9-3-8-19-18(23)21-15/h3-10H,1-2H3,(H,20,24). The first-order valence-corrected chi connectivity index (χ1v) is 7.76. The number of hydrogen-bond donors (Lipinski definition) is 1. The maximum atomic E-state index is 12.4. The number of nitrogens with zero attached hydrogens (tertiary/aromatic N) is 4. The Hall–Kier alpha value is -3.48. The Morgan fingerprint density at radius 1 is 1.20 bits per heavy atom. The van der Waals surface area contributed by atoms with Crippen LogP contribution in [-0.4, -0.2) is 25.4 Å². The molecule has 0 aliphatic heterocycles. The van der Waals surface area contributed by atoms with Gasteiger partial charge in [-0.1, -0.05) is 17.3 Å². The third kappa shape index (κ3) is 2.76. The summed E-state index contributed by atoms with van der Waals surface area (Å²) in [6, 6.07) is 9.34. The summed E-state index contributed by atoms with van der Waals surface area (Å²) in [5.74, 6) is 0.915. The zero-order chi connectivity index (χ0) is 17.4. The largest absolute Gasteiger partial charge is 0.361 e. The van der Waals surface area contributed by atoms with Gasteiger partial charge in [-0.25, -0.2) is 9.97 Å². The molecule has 7 heteroatoms. The Bertz CT molecular complexity index is 1010. The summed E-state index contributed by atoms with van der Waals surface area (Å²) in [6.07, 6.45) is 5.52. The molecule has 3 aromatic heterocycles. The Morgan fingerprint density at radius 3 is 2.68 bits per heavy atom. The number of nitrogens with one attached hydrogen (secondary N) is 1. The molecule has 0 saturated carbocycles. The van der Waals surface area contributed by atoms with Gasteiger partial charge in [0.25, 0.3) is 5.91 Å². The molecule has 0 spiro atoms. The zero-order valence-electron chi connectivity index (χ0n) is 13.7. The first-order valence-electron chi connectivity index (χ1n) is 7.76. The first kappa shape index (κ1) is 15.1. The van der Waals surface area contributed by atoms with E-state index in [1.807, 2.05) is 47.1 Å². The summed E-state index contributed by atoms with van der Waals surface area (Å²) < 4.78 is 6.90. The Balaban J connectivity index is 1.57. The minimum atomic E-state index is -0.235. The molecule has 0 unspecified atom stereocenters. The van der Waals surface area contributed by atoms with Crippen LogP contribution in [0.4, 0.5) is 5.69 Å². The highest BCUT2D eigenvalue weighted by Crippen LogP contribution is 2.22. The van der Waals surface area contributed by atoms with E-state index in [-0.39, 0.29) is 5.91 Å². The van der Waals surface area contributed by atoms with E-state index >= 15 is 0 Å². The summed E-state index contributed by atoms with van der Waals surface area (Å²) in [5, 5.41) is 6.66. The number of aromatic nitrogens is 4. The maximum absolute atomic E-state index is 12.4. The predicted molar refractivity (Wildman–Crippen MR) is 92.4 cm³/mol. The second-order valence-corrected chi connectivity index (χ2v) is 5.68. The van der Waals surface area contributed by atoms with E-state index in [4.69, 9.17) is 4.52 Å². The molecule has 7 nitrogen and oxygen atoms in total. The van der Waals surface area contributed by atoms with E-state index in [1.165, 1.54) is 0 Å². The van der Waals surface area contributed by atoms with Crippen LogP contribution in [0, 0.1) is 13.8 Å². The van der Waals surface area contributed by atoms with Gasteiger partial charge in [0.2, 0.25) is 5.78 Å². The van der Waals surface area contributed by atoms with Crippen molar-refractivity contribution < 1.29 is 9.32 Å². The van der Waals surface area contributed by atoms with Gasteiger partial charge in [0.05, 0.1) is 11.4 Å². The molecule has 1 aromatic carbocycles. The third-order valence-corrected chi connectivity index (χ3v) is 3.93. The topological polar surface area (TPSA) is 85.3 Å². The van der Waals surface area contributed by atoms with Crippen LogP contribution in [0.1, 0.15) is 21.8 Å². The van der Waals surface area contributed by atoms with Gasteiger partial charge < -0.3 is 9.84 Å². The third-order valence-electron chi connectivity index (χ3n) is 3.93. The number of imidazole rings is 1. The number of aryl methyl sites for hydroxylation is 2. The van der Waals surface area contributed by atoms with Crippen molar-refractivity contribution in [2.75, 3.05) is 5.32 Å². The van der Waals surface area contributed by atoms with Crippen molar-refractivity contribution in [3.05, 3.63) is 65.9 Å². The molecule has 0 aliphatic carbocycles. The lowest BCUT2D eigenvalue weighted by atomic mass is 10.1. The Kier molecular flexibility index (Phi) is 3.53. The number of fused-ring (bicyclic) bond motifs is 1. The lowest BCUT2D eigenvalue weighted by molar-refractivity contribution is 0.102. The minimum Gasteiger partial charge on any atom is -0.361 e. The highest BCUT2D eigenvalue weighted by molar-refractivity contribution is 6.05. The second-order valence-electron chi connectivity index (χ2n) is 5.68. The second kappa shape index (κ2) is 5.86. The van der Waals surface area contributed by atoms with Crippen LogP contribution in [0.15, 0.2) is 53.4 Å². The molecule has 0 radical (unpaired) electrons. The Morgan fingerprint density at radius 2 is 2.00 bits per heavy atom. The fourth-order valence-electron chi connectivity index (χ4n) is 2.69. The maximum Gasteiger partial charge on any atom is 0.261 e. The molecule has 4 aromatic rings. The molecule has 0 saturated heterocycles. The number of anilines is 1. The average Bonchev–Trinajstić information content (AvgIpc) is 3.18. The van der Waals surface area contributed by atoms with E-state index in [9.17, 15) is 4.79 Å². The molecule has 1 amide bonds. The van der Waals surface area contributed by atoms with Crippen molar-refractivity contribution in [2.24, 2.45) is 0 Å². The fraction of sp³-hybridized carbons (Fsp3) is 0.111. The van der Waals surface area contributed by atoms with Crippen LogP contribution in [0.3, 0.4) is 0 Å². The van der Waals surface area contributed by atoms with Gasteiger partial charge in [0.15, 0.2) is 0 Å². The van der Waals surface area contributed by atoms with Gasteiger partial charge in [0.1, 0.15) is 11.3 Å². The smallest absolute Gasteiger partial charge is 0.261 e. The average molecular weight is 333 g/mol. The van der Waals surface area contributed by atoms with E-state index in [1.54, 1.807) is 20.0 Å². The number of carbonyl (C=O) groups excluding carboxylic acids is 1. The number of carbonyl (C=O) groups is 1. The van der Waals surface area contributed by atoms with Gasteiger partial charge >= 0.3 is 0 Å². The Labute approximate surface area is 143 Å². The molecule has 4 rings (SSSR count). The highest BCUT2D eigenvalue weighted by atomic mass is 16.5. The normalized spacial score (nSPS) is 11.0. The van der Waals surface area contributed by atoms with Gasteiger partial charge in [0, 0.05) is 29.8 Å². The van der Waals surface area contributed by atoms with Crippen LogP contribution in [0.5, 0.6) is 0 Å².